The van der Waals surface area contributed by atoms with E-state index in [0.29, 0.717) is 33.3 Å². The number of Topliss-reactive ketones (excluding diaryl/α,β-unsaturated/α-hetero) is 1. The smallest absolute Gasteiger partial charge is 0.233 e. The van der Waals surface area contributed by atoms with E-state index in [1.807, 2.05) is 0 Å². The number of benzene rings is 3. The molecular formula is C20H12NO5S-. The zero-order valence-corrected chi connectivity index (χ0v) is 14.6. The zero-order chi connectivity index (χ0) is 19.2. The summed E-state index contributed by atoms with van der Waals surface area (Å²) in [5, 5.41) is 4.38. The Morgan fingerprint density at radius 1 is 0.852 bits per heavy atom. The molecule has 0 unspecified atom stereocenters. The molecule has 0 aliphatic heterocycles. The predicted octanol–water partition coefficient (Wildman–Crippen LogP) is 2.96. The second-order valence-corrected chi connectivity index (χ2v) is 7.44. The molecule has 3 aromatic carbocycles. The summed E-state index contributed by atoms with van der Waals surface area (Å²) < 4.78 is 33.7. The summed E-state index contributed by atoms with van der Waals surface area (Å²) >= 11 is 0. The maximum absolute atomic E-state index is 12.0. The number of ketones is 2. The molecule has 134 valence electrons. The SMILES string of the molecule is O=C1C=C(Nc2cccc3cc(S(=O)(=O)[O-])ccc23)c2ccccc2C1=O. The monoisotopic (exact) mass is 378 g/mol. The van der Waals surface area contributed by atoms with Gasteiger partial charge >= 0.3 is 0 Å². The number of allylic oxidation sites excluding steroid dienone is 1. The molecule has 7 heteroatoms. The molecule has 0 aromatic heterocycles. The Labute approximate surface area is 154 Å². The Morgan fingerprint density at radius 3 is 2.33 bits per heavy atom. The van der Waals surface area contributed by atoms with Crippen LogP contribution < -0.4 is 5.32 Å². The largest absolute Gasteiger partial charge is 0.744 e. The average Bonchev–Trinajstić information content (AvgIpc) is 2.65. The number of carbonyl (C=O) groups is 2. The second kappa shape index (κ2) is 6.15. The molecule has 0 fully saturated rings. The first-order chi connectivity index (χ1) is 12.8. The number of hydrogen-bond donors (Lipinski definition) is 1. The van der Waals surface area contributed by atoms with Gasteiger partial charge in [-0.3, -0.25) is 9.59 Å². The van der Waals surface area contributed by atoms with E-state index in [2.05, 4.69) is 5.32 Å². The molecule has 27 heavy (non-hydrogen) atoms. The van der Waals surface area contributed by atoms with Gasteiger partial charge in [-0.1, -0.05) is 42.5 Å². The Kier molecular flexibility index (Phi) is 3.91. The van der Waals surface area contributed by atoms with Gasteiger partial charge in [0.05, 0.1) is 10.6 Å². The molecule has 0 bridgehead atoms. The minimum absolute atomic E-state index is 0.310. The van der Waals surface area contributed by atoms with Crippen molar-refractivity contribution < 1.29 is 22.6 Å². The fourth-order valence-corrected chi connectivity index (χ4v) is 3.60. The van der Waals surface area contributed by atoms with E-state index in [-0.39, 0.29) is 4.90 Å². The van der Waals surface area contributed by atoms with Gasteiger partial charge in [0.2, 0.25) is 11.6 Å². The number of carbonyl (C=O) groups excluding carboxylic acids is 2. The molecule has 0 saturated carbocycles. The van der Waals surface area contributed by atoms with Gasteiger partial charge in [-0.2, -0.15) is 0 Å². The molecule has 0 atom stereocenters. The number of nitrogens with one attached hydrogen (secondary N) is 1. The summed E-state index contributed by atoms with van der Waals surface area (Å²) in [6.45, 7) is 0. The number of fused-ring (bicyclic) bond motifs is 2. The lowest BCUT2D eigenvalue weighted by Gasteiger charge is -2.19. The number of anilines is 1. The molecule has 1 N–H and O–H groups in total. The molecule has 4 rings (SSSR count). The van der Waals surface area contributed by atoms with Crippen LogP contribution in [0, 0.1) is 0 Å². The Balaban J connectivity index is 1.81. The van der Waals surface area contributed by atoms with Crippen LogP contribution in [0.25, 0.3) is 16.5 Å². The summed E-state index contributed by atoms with van der Waals surface area (Å²) in [5.41, 5.74) is 2.03. The van der Waals surface area contributed by atoms with E-state index >= 15 is 0 Å². The van der Waals surface area contributed by atoms with Gasteiger partial charge in [0.1, 0.15) is 10.1 Å². The molecule has 1 aliphatic carbocycles. The highest BCUT2D eigenvalue weighted by Crippen LogP contribution is 2.31. The third kappa shape index (κ3) is 3.03. The van der Waals surface area contributed by atoms with Crippen molar-refractivity contribution in [3.63, 3.8) is 0 Å². The van der Waals surface area contributed by atoms with Gasteiger partial charge in [-0.15, -0.1) is 0 Å². The Hall–Kier alpha value is -3.29. The standard InChI is InChI=1S/C20H13NO5S/c22-19-11-18(15-5-1-2-6-16(15)20(19)23)21-17-7-3-4-12-10-13(27(24,25)26)8-9-14(12)17/h1-11,21H,(H,24,25,26)/p-1. The molecule has 0 spiro atoms. The summed E-state index contributed by atoms with van der Waals surface area (Å²) in [4.78, 5) is 23.7. The summed E-state index contributed by atoms with van der Waals surface area (Å²) in [6.07, 6.45) is 1.25. The van der Waals surface area contributed by atoms with Crippen molar-refractivity contribution in [1.82, 2.24) is 0 Å². The van der Waals surface area contributed by atoms with Gasteiger partial charge in [0.25, 0.3) is 0 Å². The van der Waals surface area contributed by atoms with Crippen molar-refractivity contribution in [1.29, 1.82) is 0 Å². The summed E-state index contributed by atoms with van der Waals surface area (Å²) in [5.74, 6) is -1.17. The predicted molar refractivity (Wildman–Crippen MR) is 99.3 cm³/mol. The van der Waals surface area contributed by atoms with E-state index in [9.17, 15) is 22.6 Å². The van der Waals surface area contributed by atoms with Gasteiger partial charge in [0.15, 0.2) is 0 Å². The molecule has 0 amide bonds. The summed E-state index contributed by atoms with van der Waals surface area (Å²) in [6, 6.07) is 16.0. The van der Waals surface area contributed by atoms with Crippen molar-refractivity contribution in [2.45, 2.75) is 4.90 Å². The van der Waals surface area contributed by atoms with E-state index < -0.39 is 21.7 Å². The van der Waals surface area contributed by atoms with Crippen LogP contribution in [0.15, 0.2) is 71.6 Å². The van der Waals surface area contributed by atoms with Crippen molar-refractivity contribution in [3.8, 4) is 0 Å². The number of rotatable bonds is 3. The number of hydrogen-bond acceptors (Lipinski definition) is 6. The summed E-state index contributed by atoms with van der Waals surface area (Å²) in [7, 11) is -4.55. The molecule has 0 saturated heterocycles. The van der Waals surface area contributed by atoms with Gasteiger partial charge in [-0.05, 0) is 23.6 Å². The van der Waals surface area contributed by atoms with Crippen LogP contribution in [-0.4, -0.2) is 24.5 Å². The van der Waals surface area contributed by atoms with Gasteiger partial charge in [-0.25, -0.2) is 8.42 Å². The Morgan fingerprint density at radius 2 is 1.59 bits per heavy atom. The minimum Gasteiger partial charge on any atom is -0.744 e. The maximum Gasteiger partial charge on any atom is 0.233 e. The van der Waals surface area contributed by atoms with Crippen LogP contribution >= 0.6 is 0 Å². The van der Waals surface area contributed by atoms with Gasteiger partial charge < -0.3 is 9.87 Å². The average molecular weight is 378 g/mol. The van der Waals surface area contributed by atoms with Crippen LogP contribution in [0.2, 0.25) is 0 Å². The lowest BCUT2D eigenvalue weighted by Crippen LogP contribution is -2.20. The topological polar surface area (TPSA) is 103 Å². The van der Waals surface area contributed by atoms with E-state index in [0.717, 1.165) is 0 Å². The molecule has 0 heterocycles. The highest BCUT2D eigenvalue weighted by atomic mass is 32.2. The van der Waals surface area contributed by atoms with Crippen molar-refractivity contribution in [2.75, 3.05) is 5.32 Å². The molecule has 6 nitrogen and oxygen atoms in total. The van der Waals surface area contributed by atoms with Crippen LogP contribution in [0.3, 0.4) is 0 Å². The lowest BCUT2D eigenvalue weighted by atomic mass is 9.92. The molecule has 1 aliphatic rings. The van der Waals surface area contributed by atoms with Gasteiger partial charge in [0, 0.05) is 28.3 Å². The van der Waals surface area contributed by atoms with E-state index in [4.69, 9.17) is 0 Å². The second-order valence-electron chi connectivity index (χ2n) is 6.06. The van der Waals surface area contributed by atoms with E-state index in [1.54, 1.807) is 42.5 Å². The fourth-order valence-electron chi connectivity index (χ4n) is 3.10. The zero-order valence-electron chi connectivity index (χ0n) is 13.8. The third-order valence-corrected chi connectivity index (χ3v) is 5.20. The van der Waals surface area contributed by atoms with Crippen molar-refractivity contribution in [2.24, 2.45) is 0 Å². The van der Waals surface area contributed by atoms with Crippen LogP contribution in [0.1, 0.15) is 15.9 Å². The first-order valence-corrected chi connectivity index (χ1v) is 9.41. The van der Waals surface area contributed by atoms with Crippen molar-refractivity contribution in [3.05, 3.63) is 77.9 Å². The first-order valence-electron chi connectivity index (χ1n) is 8.00. The highest BCUT2D eigenvalue weighted by molar-refractivity contribution is 7.85. The molecule has 0 radical (unpaired) electrons. The van der Waals surface area contributed by atoms with Crippen LogP contribution in [0.4, 0.5) is 5.69 Å². The maximum atomic E-state index is 12.0. The van der Waals surface area contributed by atoms with Crippen molar-refractivity contribution >= 4 is 43.8 Å². The Bertz CT molecular complexity index is 1260. The fraction of sp³-hybridized carbons (Fsp3) is 0. The lowest BCUT2D eigenvalue weighted by molar-refractivity contribution is -0.111. The van der Waals surface area contributed by atoms with E-state index in [1.165, 1.54) is 24.3 Å². The third-order valence-electron chi connectivity index (χ3n) is 4.37. The first kappa shape index (κ1) is 17.1. The van der Waals surface area contributed by atoms with Crippen LogP contribution in [0.5, 0.6) is 0 Å². The van der Waals surface area contributed by atoms with Crippen LogP contribution in [-0.2, 0) is 14.9 Å². The quantitative estimate of drug-likeness (QED) is 0.555. The molecule has 3 aromatic rings. The highest BCUT2D eigenvalue weighted by Gasteiger charge is 2.25. The normalized spacial score (nSPS) is 14.0. The molecular weight excluding hydrogens is 366 g/mol. The minimum atomic E-state index is -4.55.